The monoisotopic (exact) mass is 699 g/mol. The van der Waals surface area contributed by atoms with E-state index < -0.39 is 6.10 Å². The van der Waals surface area contributed by atoms with Crippen molar-refractivity contribution in [1.29, 1.82) is 0 Å². The normalized spacial score (nSPS) is 12.9. The third kappa shape index (κ3) is 40.5. The van der Waals surface area contributed by atoms with Crippen molar-refractivity contribution in [3.05, 3.63) is 60.8 Å². The predicted molar refractivity (Wildman–Crippen MR) is 219 cm³/mol. The average Bonchev–Trinajstić information content (AvgIpc) is 3.12. The molecule has 1 atom stereocenters. The number of hydrogen-bond donors (Lipinski definition) is 1. The lowest BCUT2D eigenvalue weighted by molar-refractivity contribution is -0.154. The lowest BCUT2D eigenvalue weighted by atomic mass is 10.1. The molecule has 0 heterocycles. The third-order valence-corrected chi connectivity index (χ3v) is 9.07. The molecule has 0 aliphatic carbocycles. The van der Waals surface area contributed by atoms with E-state index in [-0.39, 0.29) is 19.2 Å². The first-order valence-electron chi connectivity index (χ1n) is 21.4. The lowest BCUT2D eigenvalue weighted by Gasteiger charge is -2.15. The Bertz CT molecular complexity index is 824. The highest BCUT2D eigenvalue weighted by atomic mass is 16.6. The maximum atomic E-state index is 12.2. The fraction of sp³-hybridized carbons (Fsp3) is 0.761. The van der Waals surface area contributed by atoms with Gasteiger partial charge in [-0.1, -0.05) is 177 Å². The molecular formula is C46H82O4. The fourth-order valence-corrected chi connectivity index (χ4v) is 5.82. The molecule has 0 aromatic rings. The Morgan fingerprint density at radius 3 is 1.32 bits per heavy atom. The number of unbranched alkanes of at least 4 members (excludes halogenated alkanes) is 21. The zero-order valence-electron chi connectivity index (χ0n) is 33.2. The largest absolute Gasteiger partial charge is 0.457 e. The van der Waals surface area contributed by atoms with Gasteiger partial charge in [0.1, 0.15) is 6.10 Å². The quantitative estimate of drug-likeness (QED) is 0.0394. The van der Waals surface area contributed by atoms with Gasteiger partial charge in [-0.3, -0.25) is 4.79 Å². The highest BCUT2D eigenvalue weighted by Gasteiger charge is 2.13. The summed E-state index contributed by atoms with van der Waals surface area (Å²) in [6.45, 7) is 5.27. The first-order valence-corrected chi connectivity index (χ1v) is 21.4. The van der Waals surface area contributed by atoms with E-state index in [9.17, 15) is 9.90 Å². The molecule has 290 valence electrons. The summed E-state index contributed by atoms with van der Waals surface area (Å²) in [6, 6.07) is 0. The van der Waals surface area contributed by atoms with Crippen molar-refractivity contribution in [2.75, 3.05) is 19.8 Å². The zero-order chi connectivity index (χ0) is 36.3. The second kappa shape index (κ2) is 43.3. The van der Waals surface area contributed by atoms with E-state index in [0.717, 1.165) is 44.9 Å². The van der Waals surface area contributed by atoms with E-state index in [2.05, 4.69) is 74.6 Å². The molecule has 0 aromatic heterocycles. The zero-order valence-corrected chi connectivity index (χ0v) is 33.2. The molecule has 0 amide bonds. The van der Waals surface area contributed by atoms with Gasteiger partial charge in [0.2, 0.25) is 0 Å². The predicted octanol–water partition coefficient (Wildman–Crippen LogP) is 14.0. The Balaban J connectivity index is 3.48. The van der Waals surface area contributed by atoms with Gasteiger partial charge in [-0.25, -0.2) is 0 Å². The van der Waals surface area contributed by atoms with Gasteiger partial charge in [-0.15, -0.1) is 0 Å². The Hall–Kier alpha value is -1.91. The molecule has 0 saturated heterocycles. The summed E-state index contributed by atoms with van der Waals surface area (Å²) >= 11 is 0. The second-order valence-corrected chi connectivity index (χ2v) is 14.1. The fourth-order valence-electron chi connectivity index (χ4n) is 5.82. The van der Waals surface area contributed by atoms with Crippen molar-refractivity contribution < 1.29 is 19.4 Å². The molecule has 4 nitrogen and oxygen atoms in total. The number of hydrogen-bond acceptors (Lipinski definition) is 4. The van der Waals surface area contributed by atoms with Crippen LogP contribution in [0.3, 0.4) is 0 Å². The third-order valence-electron chi connectivity index (χ3n) is 9.07. The molecule has 0 aromatic carbocycles. The van der Waals surface area contributed by atoms with Crippen LogP contribution in [0.4, 0.5) is 0 Å². The summed E-state index contributed by atoms with van der Waals surface area (Å²) in [6.07, 6.45) is 57.0. The van der Waals surface area contributed by atoms with Crippen LogP contribution in [0.25, 0.3) is 0 Å². The number of esters is 1. The minimum absolute atomic E-state index is 0.181. The standard InChI is InChI=1S/C46H82O4/c1-3-5-7-9-11-13-15-17-19-20-21-22-23-24-25-26-27-29-31-33-35-37-39-41-46(48)50-45(43-47)44-49-42-40-38-36-34-32-30-28-18-16-14-12-10-8-6-4-2/h10,12,15-18,20-21,23-24,45,47H,3-9,11,13-14,19,22,25-44H2,1-2H3/b12-10-,17-15-,18-16-,21-20-,24-23-. The molecule has 4 heteroatoms. The van der Waals surface area contributed by atoms with Crippen LogP contribution in [0.1, 0.15) is 200 Å². The van der Waals surface area contributed by atoms with Gasteiger partial charge in [0.05, 0.1) is 13.2 Å². The molecule has 0 saturated carbocycles. The van der Waals surface area contributed by atoms with Gasteiger partial charge in [-0.2, -0.15) is 0 Å². The molecule has 0 aliphatic rings. The molecule has 0 spiro atoms. The second-order valence-electron chi connectivity index (χ2n) is 14.1. The van der Waals surface area contributed by atoms with E-state index in [1.807, 2.05) is 0 Å². The average molecular weight is 699 g/mol. The number of rotatable bonds is 39. The summed E-state index contributed by atoms with van der Waals surface area (Å²) in [5, 5.41) is 9.59. The van der Waals surface area contributed by atoms with E-state index in [0.29, 0.717) is 13.0 Å². The first-order chi connectivity index (χ1) is 24.7. The highest BCUT2D eigenvalue weighted by Crippen LogP contribution is 2.13. The van der Waals surface area contributed by atoms with Crippen LogP contribution in [0.15, 0.2) is 60.8 Å². The van der Waals surface area contributed by atoms with Gasteiger partial charge in [-0.05, 0) is 77.0 Å². The Labute approximate surface area is 311 Å². The van der Waals surface area contributed by atoms with Crippen molar-refractivity contribution in [3.63, 3.8) is 0 Å². The number of allylic oxidation sites excluding steroid dienone is 10. The maximum Gasteiger partial charge on any atom is 0.306 e. The molecule has 0 fully saturated rings. The molecule has 0 rings (SSSR count). The minimum atomic E-state index is -0.546. The smallest absolute Gasteiger partial charge is 0.306 e. The molecule has 1 unspecified atom stereocenters. The number of aliphatic hydroxyl groups is 1. The van der Waals surface area contributed by atoms with Crippen LogP contribution in [-0.2, 0) is 14.3 Å². The molecule has 50 heavy (non-hydrogen) atoms. The van der Waals surface area contributed by atoms with Gasteiger partial charge >= 0.3 is 5.97 Å². The van der Waals surface area contributed by atoms with Crippen molar-refractivity contribution in [2.24, 2.45) is 0 Å². The molecule has 1 N–H and O–H groups in total. The van der Waals surface area contributed by atoms with E-state index >= 15 is 0 Å². The number of carbonyl (C=O) groups excluding carboxylic acids is 1. The summed E-state index contributed by atoms with van der Waals surface area (Å²) < 4.78 is 11.1. The van der Waals surface area contributed by atoms with Gasteiger partial charge in [0.25, 0.3) is 0 Å². The van der Waals surface area contributed by atoms with Crippen LogP contribution >= 0.6 is 0 Å². The topological polar surface area (TPSA) is 55.8 Å². The minimum Gasteiger partial charge on any atom is -0.457 e. The molecular weight excluding hydrogens is 617 g/mol. The number of aliphatic hydroxyl groups excluding tert-OH is 1. The highest BCUT2D eigenvalue weighted by molar-refractivity contribution is 5.69. The van der Waals surface area contributed by atoms with Crippen LogP contribution in [0.2, 0.25) is 0 Å². The van der Waals surface area contributed by atoms with Crippen LogP contribution in [0.5, 0.6) is 0 Å². The summed E-state index contributed by atoms with van der Waals surface area (Å²) in [7, 11) is 0. The summed E-state index contributed by atoms with van der Waals surface area (Å²) in [4.78, 5) is 12.2. The first kappa shape index (κ1) is 48.1. The molecule has 0 radical (unpaired) electrons. The van der Waals surface area contributed by atoms with Crippen LogP contribution < -0.4 is 0 Å². The Kier molecular flexibility index (Phi) is 41.6. The van der Waals surface area contributed by atoms with Crippen molar-refractivity contribution >= 4 is 5.97 Å². The van der Waals surface area contributed by atoms with E-state index in [1.54, 1.807) is 0 Å². The number of ether oxygens (including phenoxy) is 2. The Morgan fingerprint density at radius 1 is 0.480 bits per heavy atom. The van der Waals surface area contributed by atoms with Gasteiger partial charge < -0.3 is 14.6 Å². The maximum absolute atomic E-state index is 12.2. The van der Waals surface area contributed by atoms with Crippen molar-refractivity contribution in [2.45, 2.75) is 206 Å². The van der Waals surface area contributed by atoms with E-state index in [1.165, 1.54) is 135 Å². The van der Waals surface area contributed by atoms with Crippen LogP contribution in [-0.4, -0.2) is 37.0 Å². The Morgan fingerprint density at radius 2 is 0.860 bits per heavy atom. The summed E-state index contributed by atoms with van der Waals surface area (Å²) in [5.74, 6) is -0.213. The number of carbonyl (C=O) groups is 1. The van der Waals surface area contributed by atoms with Gasteiger partial charge in [0.15, 0.2) is 0 Å². The molecule has 0 bridgehead atoms. The SMILES string of the molecule is CCCC/C=C\C/C=C\CCCCCCCCOCC(CO)OC(=O)CCCCCCCCCC/C=C\C/C=C\C/C=C\CCCCCCC. The van der Waals surface area contributed by atoms with E-state index in [4.69, 9.17) is 9.47 Å². The van der Waals surface area contributed by atoms with Crippen molar-refractivity contribution in [1.82, 2.24) is 0 Å². The van der Waals surface area contributed by atoms with Gasteiger partial charge in [0, 0.05) is 13.0 Å². The summed E-state index contributed by atoms with van der Waals surface area (Å²) in [5.41, 5.74) is 0. The lowest BCUT2D eigenvalue weighted by Crippen LogP contribution is -2.27. The van der Waals surface area contributed by atoms with Crippen molar-refractivity contribution in [3.8, 4) is 0 Å². The molecule has 0 aliphatic heterocycles. The van der Waals surface area contributed by atoms with Crippen LogP contribution in [0, 0.1) is 0 Å².